The first-order valence-corrected chi connectivity index (χ1v) is 11.0. The van der Waals surface area contributed by atoms with Crippen molar-refractivity contribution in [1.82, 2.24) is 4.90 Å². The van der Waals surface area contributed by atoms with Gasteiger partial charge in [0.25, 0.3) is 11.6 Å². The highest BCUT2D eigenvalue weighted by molar-refractivity contribution is 5.98. The predicted octanol–water partition coefficient (Wildman–Crippen LogP) is 4.44. The minimum Gasteiger partial charge on any atom is -0.497 e. The number of amides is 1. The fraction of sp³-hybridized carbons (Fsp3) is 0.269. The number of ether oxygens (including phenoxy) is 4. The molecule has 0 spiro atoms. The van der Waals surface area contributed by atoms with E-state index in [4.69, 9.17) is 18.9 Å². The number of nitro groups is 1. The average molecular weight is 479 g/mol. The number of para-hydroxylation sites is 1. The first kappa shape index (κ1) is 23.9. The van der Waals surface area contributed by atoms with Gasteiger partial charge >= 0.3 is 0 Å². The molecule has 0 saturated carbocycles. The van der Waals surface area contributed by atoms with E-state index in [0.717, 1.165) is 11.1 Å². The molecule has 0 N–H and O–H groups in total. The molecule has 1 atom stereocenters. The Kier molecular flexibility index (Phi) is 7.05. The molecule has 0 saturated heterocycles. The van der Waals surface area contributed by atoms with Crippen LogP contribution >= 0.6 is 0 Å². The molecule has 1 amide bonds. The van der Waals surface area contributed by atoms with Crippen molar-refractivity contribution in [3.8, 4) is 23.0 Å². The number of fused-ring (bicyclic) bond motifs is 1. The second-order valence-corrected chi connectivity index (χ2v) is 7.93. The Bertz CT molecular complexity index is 1230. The van der Waals surface area contributed by atoms with Gasteiger partial charge in [-0.05, 0) is 60.0 Å². The van der Waals surface area contributed by atoms with Gasteiger partial charge in [-0.1, -0.05) is 12.1 Å². The molecule has 9 heteroatoms. The van der Waals surface area contributed by atoms with Crippen LogP contribution in [0.1, 0.15) is 27.5 Å². The van der Waals surface area contributed by atoms with Gasteiger partial charge in [0.05, 0.1) is 32.3 Å². The van der Waals surface area contributed by atoms with Gasteiger partial charge in [0.15, 0.2) is 11.5 Å². The lowest BCUT2D eigenvalue weighted by Gasteiger charge is -2.37. The minimum atomic E-state index is -0.540. The van der Waals surface area contributed by atoms with Crippen molar-refractivity contribution in [2.45, 2.75) is 12.5 Å². The maximum Gasteiger partial charge on any atom is 0.282 e. The van der Waals surface area contributed by atoms with Crippen molar-refractivity contribution in [3.63, 3.8) is 0 Å². The fourth-order valence-corrected chi connectivity index (χ4v) is 4.27. The highest BCUT2D eigenvalue weighted by Gasteiger charge is 2.35. The maximum absolute atomic E-state index is 13.6. The standard InChI is InChI=1S/C26H26N2O7/c1-32-18-8-10-19(11-9-18)35-16-23-21-15-25(34-3)24(33-2)14-17(21)12-13-27(23)26(29)20-6-4-5-7-22(20)28(30)31/h4-11,14-15,23H,12-13,16H2,1-3H3/t23-/m0/s1. The molecular weight excluding hydrogens is 452 g/mol. The molecule has 3 aromatic rings. The van der Waals surface area contributed by atoms with Gasteiger partial charge in [0.1, 0.15) is 23.7 Å². The van der Waals surface area contributed by atoms with Crippen LogP contribution in [0.15, 0.2) is 60.7 Å². The van der Waals surface area contributed by atoms with Crippen LogP contribution in [0.25, 0.3) is 0 Å². The molecule has 35 heavy (non-hydrogen) atoms. The summed E-state index contributed by atoms with van der Waals surface area (Å²) < 4.78 is 22.2. The first-order chi connectivity index (χ1) is 17.0. The second-order valence-electron chi connectivity index (χ2n) is 7.93. The van der Waals surface area contributed by atoms with Crippen LogP contribution in [0.3, 0.4) is 0 Å². The fourth-order valence-electron chi connectivity index (χ4n) is 4.27. The number of rotatable bonds is 8. The molecule has 4 rings (SSSR count). The Balaban J connectivity index is 1.72. The predicted molar refractivity (Wildman–Crippen MR) is 129 cm³/mol. The quantitative estimate of drug-likeness (QED) is 0.349. The Morgan fingerprint density at radius 2 is 1.63 bits per heavy atom. The van der Waals surface area contributed by atoms with E-state index in [-0.39, 0.29) is 17.9 Å². The van der Waals surface area contributed by atoms with E-state index < -0.39 is 16.9 Å². The number of nitro benzene ring substituents is 1. The summed E-state index contributed by atoms with van der Waals surface area (Å²) in [6.07, 6.45) is 0.557. The van der Waals surface area contributed by atoms with Gasteiger partial charge < -0.3 is 23.8 Å². The smallest absolute Gasteiger partial charge is 0.282 e. The van der Waals surface area contributed by atoms with Crippen LogP contribution in [0.2, 0.25) is 0 Å². The van der Waals surface area contributed by atoms with Crippen molar-refractivity contribution in [3.05, 3.63) is 87.5 Å². The SMILES string of the molecule is COc1ccc(OC[C@H]2c3cc(OC)c(OC)cc3CCN2C(=O)c2ccccc2[N+](=O)[O-])cc1. The third-order valence-corrected chi connectivity index (χ3v) is 6.06. The van der Waals surface area contributed by atoms with E-state index >= 15 is 0 Å². The summed E-state index contributed by atoms with van der Waals surface area (Å²) in [5, 5.41) is 11.6. The lowest BCUT2D eigenvalue weighted by atomic mass is 9.91. The Labute approximate surface area is 202 Å². The van der Waals surface area contributed by atoms with Gasteiger partial charge in [0.2, 0.25) is 0 Å². The summed E-state index contributed by atoms with van der Waals surface area (Å²) in [5.41, 5.74) is 1.65. The van der Waals surface area contributed by atoms with Crippen LogP contribution in [0, 0.1) is 10.1 Å². The number of methoxy groups -OCH3 is 3. The largest absolute Gasteiger partial charge is 0.497 e. The number of hydrogen-bond acceptors (Lipinski definition) is 7. The number of carbonyl (C=O) groups excluding carboxylic acids is 1. The average Bonchev–Trinajstić information content (AvgIpc) is 2.90. The highest BCUT2D eigenvalue weighted by Crippen LogP contribution is 2.39. The molecule has 3 aromatic carbocycles. The van der Waals surface area contributed by atoms with Crippen LogP contribution in [0.5, 0.6) is 23.0 Å². The van der Waals surface area contributed by atoms with Crippen LogP contribution in [-0.4, -0.2) is 50.2 Å². The Morgan fingerprint density at radius 3 is 2.29 bits per heavy atom. The van der Waals surface area contributed by atoms with Gasteiger partial charge in [-0.25, -0.2) is 0 Å². The van der Waals surface area contributed by atoms with Crippen molar-refractivity contribution in [1.29, 1.82) is 0 Å². The highest BCUT2D eigenvalue weighted by atomic mass is 16.6. The van der Waals surface area contributed by atoms with Gasteiger partial charge in [-0.2, -0.15) is 0 Å². The summed E-state index contributed by atoms with van der Waals surface area (Å²) in [6, 6.07) is 16.4. The van der Waals surface area contributed by atoms with Gasteiger partial charge in [-0.3, -0.25) is 14.9 Å². The van der Waals surface area contributed by atoms with E-state index in [1.165, 1.54) is 12.1 Å². The lowest BCUT2D eigenvalue weighted by Crippen LogP contribution is -2.42. The summed E-state index contributed by atoms with van der Waals surface area (Å²) in [4.78, 5) is 26.3. The Hall–Kier alpha value is -4.27. The molecule has 0 aliphatic carbocycles. The van der Waals surface area contributed by atoms with Crippen LogP contribution in [-0.2, 0) is 6.42 Å². The van der Waals surface area contributed by atoms with Crippen molar-refractivity contribution >= 4 is 11.6 Å². The summed E-state index contributed by atoms with van der Waals surface area (Å²) in [7, 11) is 4.70. The first-order valence-electron chi connectivity index (χ1n) is 11.0. The topological polar surface area (TPSA) is 100 Å². The molecular formula is C26H26N2O7. The number of carbonyl (C=O) groups is 1. The zero-order chi connectivity index (χ0) is 24.9. The third-order valence-electron chi connectivity index (χ3n) is 6.06. The van der Waals surface area contributed by atoms with Crippen molar-refractivity contribution in [2.75, 3.05) is 34.5 Å². The normalized spacial score (nSPS) is 14.6. The lowest BCUT2D eigenvalue weighted by molar-refractivity contribution is -0.385. The molecule has 0 unspecified atom stereocenters. The van der Waals surface area contributed by atoms with Crippen molar-refractivity contribution < 1.29 is 28.7 Å². The summed E-state index contributed by atoms with van der Waals surface area (Å²) in [5.74, 6) is 2.00. The zero-order valence-corrected chi connectivity index (χ0v) is 19.7. The minimum absolute atomic E-state index is 0.0378. The maximum atomic E-state index is 13.6. The summed E-state index contributed by atoms with van der Waals surface area (Å²) in [6.45, 7) is 0.505. The number of nitrogens with zero attached hydrogens (tertiary/aromatic N) is 2. The third kappa shape index (κ3) is 4.84. The molecule has 182 valence electrons. The van der Waals surface area contributed by atoms with E-state index in [2.05, 4.69) is 0 Å². The molecule has 1 aliphatic rings. The van der Waals surface area contributed by atoms with E-state index in [0.29, 0.717) is 36.0 Å². The van der Waals surface area contributed by atoms with E-state index in [1.807, 2.05) is 12.1 Å². The van der Waals surface area contributed by atoms with E-state index in [9.17, 15) is 14.9 Å². The zero-order valence-electron chi connectivity index (χ0n) is 19.7. The molecule has 0 fully saturated rings. The summed E-state index contributed by atoms with van der Waals surface area (Å²) >= 11 is 0. The molecule has 0 aromatic heterocycles. The number of hydrogen-bond donors (Lipinski definition) is 0. The molecule has 0 bridgehead atoms. The van der Waals surface area contributed by atoms with Crippen LogP contribution in [0.4, 0.5) is 5.69 Å². The Morgan fingerprint density at radius 1 is 0.971 bits per heavy atom. The molecule has 9 nitrogen and oxygen atoms in total. The van der Waals surface area contributed by atoms with Crippen molar-refractivity contribution in [2.24, 2.45) is 0 Å². The van der Waals surface area contributed by atoms with Gasteiger partial charge in [-0.15, -0.1) is 0 Å². The van der Waals surface area contributed by atoms with Crippen LogP contribution < -0.4 is 18.9 Å². The number of benzene rings is 3. The molecule has 1 heterocycles. The van der Waals surface area contributed by atoms with E-state index in [1.54, 1.807) is 62.6 Å². The van der Waals surface area contributed by atoms with Gasteiger partial charge in [0, 0.05) is 12.6 Å². The molecule has 1 aliphatic heterocycles. The second kappa shape index (κ2) is 10.3. The molecule has 0 radical (unpaired) electrons. The monoisotopic (exact) mass is 478 g/mol.